The van der Waals surface area contributed by atoms with Crippen molar-refractivity contribution >= 4 is 34.1 Å². The number of para-hydroxylation sites is 1. The van der Waals surface area contributed by atoms with Gasteiger partial charge in [-0.15, -0.1) is 0 Å². The fourth-order valence-electron chi connectivity index (χ4n) is 5.81. The van der Waals surface area contributed by atoms with Gasteiger partial charge in [0, 0.05) is 23.1 Å². The lowest BCUT2D eigenvalue weighted by Gasteiger charge is -2.25. The van der Waals surface area contributed by atoms with Crippen molar-refractivity contribution in [2.75, 3.05) is 11.9 Å². The van der Waals surface area contributed by atoms with Crippen molar-refractivity contribution < 1.29 is 4.42 Å². The van der Waals surface area contributed by atoms with Crippen molar-refractivity contribution in [2.24, 2.45) is 9.98 Å². The third-order valence-corrected chi connectivity index (χ3v) is 8.01. The first-order valence-electron chi connectivity index (χ1n) is 14.5. The maximum atomic E-state index is 6.16. The number of benzene rings is 5. The van der Waals surface area contributed by atoms with Crippen LogP contribution in [0.3, 0.4) is 0 Å². The van der Waals surface area contributed by atoms with Crippen LogP contribution in [0.2, 0.25) is 0 Å². The molecule has 1 unspecified atom stereocenters. The summed E-state index contributed by atoms with van der Waals surface area (Å²) >= 11 is 0. The highest BCUT2D eigenvalue weighted by atomic mass is 16.3. The third-order valence-electron chi connectivity index (χ3n) is 8.01. The Morgan fingerprint density at radius 1 is 0.558 bits per heavy atom. The molecule has 3 heterocycles. The van der Waals surface area contributed by atoms with E-state index in [0.29, 0.717) is 6.54 Å². The molecule has 206 valence electrons. The second kappa shape index (κ2) is 10.6. The zero-order chi connectivity index (χ0) is 28.6. The molecule has 0 bridgehead atoms. The molecule has 0 aliphatic carbocycles. The van der Waals surface area contributed by atoms with Crippen molar-refractivity contribution in [3.63, 3.8) is 0 Å². The molecule has 8 rings (SSSR count). The van der Waals surface area contributed by atoms with E-state index in [9.17, 15) is 0 Å². The van der Waals surface area contributed by atoms with Crippen LogP contribution in [0.1, 0.15) is 22.9 Å². The van der Waals surface area contributed by atoms with Crippen LogP contribution in [0.4, 0.5) is 5.88 Å². The van der Waals surface area contributed by atoms with Gasteiger partial charge in [-0.2, -0.15) is 0 Å². The molecule has 0 radical (unpaired) electrons. The maximum Gasteiger partial charge on any atom is 0.202 e. The molecule has 0 saturated heterocycles. The summed E-state index contributed by atoms with van der Waals surface area (Å²) in [6.45, 7) is 0.656. The molecular formula is C38H28N4O. The zero-order valence-corrected chi connectivity index (χ0v) is 23.4. The number of nitrogens with zero attached hydrogens (tertiary/aromatic N) is 2. The Hall–Kier alpha value is -5.68. The van der Waals surface area contributed by atoms with E-state index in [-0.39, 0.29) is 0 Å². The van der Waals surface area contributed by atoms with Crippen LogP contribution in [-0.4, -0.2) is 18.2 Å². The number of hydrogen-bond acceptors (Lipinski definition) is 5. The highest BCUT2D eigenvalue weighted by molar-refractivity contribution is 6.32. The molecule has 0 amide bonds. The summed E-state index contributed by atoms with van der Waals surface area (Å²) in [5, 5.41) is 8.00. The van der Waals surface area contributed by atoms with Crippen LogP contribution in [-0.2, 0) is 0 Å². The Labute approximate surface area is 250 Å². The van der Waals surface area contributed by atoms with Crippen molar-refractivity contribution in [3.05, 3.63) is 156 Å². The Morgan fingerprint density at radius 2 is 1.12 bits per heavy atom. The Balaban J connectivity index is 1.15. The second-order valence-electron chi connectivity index (χ2n) is 10.7. The van der Waals surface area contributed by atoms with Crippen molar-refractivity contribution in [1.82, 2.24) is 5.32 Å². The van der Waals surface area contributed by atoms with E-state index in [0.717, 1.165) is 56.4 Å². The van der Waals surface area contributed by atoms with Gasteiger partial charge in [-0.1, -0.05) is 133 Å². The summed E-state index contributed by atoms with van der Waals surface area (Å²) in [7, 11) is 0. The van der Waals surface area contributed by atoms with Crippen LogP contribution >= 0.6 is 0 Å². The average molecular weight is 557 g/mol. The van der Waals surface area contributed by atoms with Gasteiger partial charge in [0.05, 0.1) is 5.56 Å². The minimum atomic E-state index is -0.390. The van der Waals surface area contributed by atoms with Gasteiger partial charge in [0.15, 0.2) is 6.17 Å². The quantitative estimate of drug-likeness (QED) is 0.223. The number of amidine groups is 2. The number of anilines is 1. The molecule has 1 atom stereocenters. The molecule has 2 N–H and O–H groups in total. The molecule has 43 heavy (non-hydrogen) atoms. The first-order chi connectivity index (χ1) is 21.3. The monoisotopic (exact) mass is 556 g/mol. The van der Waals surface area contributed by atoms with Gasteiger partial charge < -0.3 is 15.1 Å². The van der Waals surface area contributed by atoms with Crippen LogP contribution in [0.5, 0.6) is 0 Å². The predicted molar refractivity (Wildman–Crippen MR) is 176 cm³/mol. The number of aliphatic imine (C=N–C) groups is 2. The van der Waals surface area contributed by atoms with Crippen LogP contribution < -0.4 is 10.6 Å². The lowest BCUT2D eigenvalue weighted by atomic mass is 9.98. The molecule has 0 saturated carbocycles. The molecule has 5 heteroatoms. The number of nitrogens with one attached hydrogen (secondary N) is 2. The number of hydrogen-bond donors (Lipinski definition) is 2. The molecular weight excluding hydrogens is 528 g/mol. The van der Waals surface area contributed by atoms with Gasteiger partial charge in [-0.05, 0) is 33.9 Å². The minimum absolute atomic E-state index is 0.390. The van der Waals surface area contributed by atoms with Crippen LogP contribution in [0.25, 0.3) is 38.8 Å². The van der Waals surface area contributed by atoms with E-state index in [2.05, 4.69) is 108 Å². The van der Waals surface area contributed by atoms with E-state index in [4.69, 9.17) is 14.4 Å². The normalized spacial score (nSPS) is 15.9. The first kappa shape index (κ1) is 25.1. The molecule has 2 aliphatic heterocycles. The molecule has 0 fully saturated rings. The van der Waals surface area contributed by atoms with E-state index in [1.54, 1.807) is 0 Å². The van der Waals surface area contributed by atoms with Crippen LogP contribution in [0.15, 0.2) is 154 Å². The Kier molecular flexibility index (Phi) is 6.19. The summed E-state index contributed by atoms with van der Waals surface area (Å²) in [6.07, 6.45) is 1.78. The van der Waals surface area contributed by atoms with E-state index < -0.39 is 6.17 Å². The molecule has 2 aliphatic rings. The molecule has 0 spiro atoms. The summed E-state index contributed by atoms with van der Waals surface area (Å²) in [5.41, 5.74) is 9.70. The number of furan rings is 1. The van der Waals surface area contributed by atoms with E-state index in [1.807, 2.05) is 42.5 Å². The topological polar surface area (TPSA) is 61.9 Å². The SMILES string of the molecule is C1=C(C2=NC(c3ccc(-c4ccc(-c5ccccc5)cc4)cc3)N=C(c3ccccc3)N2)c2c(oc3ccccc23)NC1. The lowest BCUT2D eigenvalue weighted by Crippen LogP contribution is -2.36. The molecule has 5 nitrogen and oxygen atoms in total. The van der Waals surface area contributed by atoms with Gasteiger partial charge in [0.25, 0.3) is 0 Å². The van der Waals surface area contributed by atoms with Gasteiger partial charge in [-0.3, -0.25) is 0 Å². The second-order valence-corrected chi connectivity index (χ2v) is 10.7. The summed E-state index contributed by atoms with van der Waals surface area (Å²) in [5.74, 6) is 2.35. The zero-order valence-electron chi connectivity index (χ0n) is 23.4. The smallest absolute Gasteiger partial charge is 0.202 e. The first-order valence-corrected chi connectivity index (χ1v) is 14.5. The average Bonchev–Trinajstić information content (AvgIpc) is 3.48. The van der Waals surface area contributed by atoms with Crippen LogP contribution in [0, 0.1) is 0 Å². The van der Waals surface area contributed by atoms with Gasteiger partial charge in [-0.25, -0.2) is 9.98 Å². The Bertz CT molecular complexity index is 2020. The Morgan fingerprint density at radius 3 is 1.81 bits per heavy atom. The summed E-state index contributed by atoms with van der Waals surface area (Å²) < 4.78 is 6.16. The van der Waals surface area contributed by atoms with Crippen molar-refractivity contribution in [1.29, 1.82) is 0 Å². The largest absolute Gasteiger partial charge is 0.440 e. The highest BCUT2D eigenvalue weighted by Crippen LogP contribution is 2.39. The minimum Gasteiger partial charge on any atom is -0.440 e. The third kappa shape index (κ3) is 4.71. The standard InChI is InChI=1S/C38H28N4O/c1-3-9-25(10-4-1)26-15-17-27(18-16-26)28-19-21-30(22-20-28)36-40-35(29-11-5-2-6-12-29)41-37(42-36)32-23-24-39-38-34(32)31-13-7-8-14-33(31)43-38/h1-23,36,39H,24H2,(H,40,41,42). The van der Waals surface area contributed by atoms with Crippen molar-refractivity contribution in [2.45, 2.75) is 6.17 Å². The molecule has 6 aromatic rings. The van der Waals surface area contributed by atoms with Gasteiger partial charge >= 0.3 is 0 Å². The maximum absolute atomic E-state index is 6.16. The predicted octanol–water partition coefficient (Wildman–Crippen LogP) is 8.72. The molecule has 1 aromatic heterocycles. The number of fused-ring (bicyclic) bond motifs is 3. The summed E-state index contributed by atoms with van der Waals surface area (Å²) in [6, 6.07) is 46.1. The lowest BCUT2D eigenvalue weighted by molar-refractivity contribution is 0.627. The number of rotatable bonds is 5. The van der Waals surface area contributed by atoms with Gasteiger partial charge in [0.2, 0.25) is 5.88 Å². The fraction of sp³-hybridized carbons (Fsp3) is 0.0526. The van der Waals surface area contributed by atoms with Crippen molar-refractivity contribution in [3.8, 4) is 22.3 Å². The summed E-state index contributed by atoms with van der Waals surface area (Å²) in [4.78, 5) is 10.2. The van der Waals surface area contributed by atoms with E-state index >= 15 is 0 Å². The molecule has 5 aromatic carbocycles. The highest BCUT2D eigenvalue weighted by Gasteiger charge is 2.28. The van der Waals surface area contributed by atoms with Gasteiger partial charge in [0.1, 0.15) is 17.3 Å². The fourth-order valence-corrected chi connectivity index (χ4v) is 5.81. The van der Waals surface area contributed by atoms with E-state index in [1.165, 1.54) is 16.7 Å².